The quantitative estimate of drug-likeness (QED) is 0.520. The third kappa shape index (κ3) is 4.67. The van der Waals surface area contributed by atoms with Crippen LogP contribution in [0.4, 0.5) is 17.6 Å². The minimum absolute atomic E-state index is 0.00949. The molecule has 156 valence electrons. The fraction of sp³-hybridized carbons (Fsp3) is 0.400. The van der Waals surface area contributed by atoms with E-state index in [2.05, 4.69) is 9.72 Å². The number of fused-ring (bicyclic) bond motifs is 1. The summed E-state index contributed by atoms with van der Waals surface area (Å²) < 4.78 is 67.6. The Kier molecular flexibility index (Phi) is 6.36. The molecule has 1 aromatic heterocycles. The van der Waals surface area contributed by atoms with Crippen molar-refractivity contribution in [1.82, 2.24) is 4.98 Å². The predicted molar refractivity (Wildman–Crippen MR) is 94.8 cm³/mol. The molecule has 5 nitrogen and oxygen atoms in total. The number of esters is 1. The molecule has 2 aromatic rings. The highest BCUT2D eigenvalue weighted by molar-refractivity contribution is 5.90. The van der Waals surface area contributed by atoms with Crippen LogP contribution < -0.4 is 4.74 Å². The molecule has 0 saturated heterocycles. The van der Waals surface area contributed by atoms with Crippen LogP contribution in [0.1, 0.15) is 29.9 Å². The third-order valence-electron chi connectivity index (χ3n) is 4.60. The molecule has 0 N–H and O–H groups in total. The van der Waals surface area contributed by atoms with Gasteiger partial charge in [-0.1, -0.05) is 6.92 Å². The van der Waals surface area contributed by atoms with Crippen LogP contribution in [-0.2, 0) is 15.9 Å². The van der Waals surface area contributed by atoms with E-state index in [1.54, 1.807) is 13.8 Å². The van der Waals surface area contributed by atoms with E-state index in [4.69, 9.17) is 9.47 Å². The summed E-state index contributed by atoms with van der Waals surface area (Å²) in [4.78, 5) is 16.3. The summed E-state index contributed by atoms with van der Waals surface area (Å²) in [7, 11) is 0. The lowest BCUT2D eigenvalue weighted by Crippen LogP contribution is -2.36. The van der Waals surface area contributed by atoms with E-state index in [1.807, 2.05) is 0 Å². The number of nitrogens with zero attached hydrogens (tertiary/aromatic N) is 1. The molecule has 0 aliphatic carbocycles. The molecule has 1 aliphatic rings. The molecule has 2 heterocycles. The second kappa shape index (κ2) is 8.77. The second-order valence-corrected chi connectivity index (χ2v) is 6.62. The number of pyridine rings is 1. The van der Waals surface area contributed by atoms with Gasteiger partial charge in [0.05, 0.1) is 13.2 Å². The van der Waals surface area contributed by atoms with Gasteiger partial charge in [0.2, 0.25) is 5.88 Å². The number of rotatable bonds is 6. The van der Waals surface area contributed by atoms with Crippen LogP contribution >= 0.6 is 0 Å². The van der Waals surface area contributed by atoms with Gasteiger partial charge in [-0.2, -0.15) is 8.78 Å². The first kappa shape index (κ1) is 21.0. The Labute approximate surface area is 164 Å². The van der Waals surface area contributed by atoms with Crippen molar-refractivity contribution in [3.63, 3.8) is 0 Å². The standard InChI is InChI=1S/C20H19F4NO4/c1-3-27-19(26)16-8-13(12-5-4-11(21)7-15(12)22)14-6-10(2)17(9-28-20(23)24)29-18(14)25-16/h4-5,7-8,10,17,20H,3,6,9H2,1-2H3/t10-,17+/m0/s1. The summed E-state index contributed by atoms with van der Waals surface area (Å²) in [6.45, 7) is 0.166. The van der Waals surface area contributed by atoms with Gasteiger partial charge in [-0.05, 0) is 43.0 Å². The average molecular weight is 413 g/mol. The van der Waals surface area contributed by atoms with Crippen molar-refractivity contribution in [2.24, 2.45) is 5.92 Å². The second-order valence-electron chi connectivity index (χ2n) is 6.62. The number of halogens is 4. The minimum atomic E-state index is -2.95. The van der Waals surface area contributed by atoms with Crippen molar-refractivity contribution in [3.05, 3.63) is 47.2 Å². The normalized spacial score (nSPS) is 18.3. The van der Waals surface area contributed by atoms with Crippen molar-refractivity contribution >= 4 is 5.97 Å². The molecule has 1 aromatic carbocycles. The van der Waals surface area contributed by atoms with Crippen LogP contribution in [0.2, 0.25) is 0 Å². The molecular weight excluding hydrogens is 394 g/mol. The Balaban J connectivity index is 2.08. The first-order chi connectivity index (χ1) is 13.8. The van der Waals surface area contributed by atoms with Gasteiger partial charge in [0.25, 0.3) is 0 Å². The van der Waals surface area contributed by atoms with Gasteiger partial charge in [-0.3, -0.25) is 0 Å². The molecule has 0 spiro atoms. The van der Waals surface area contributed by atoms with Crippen molar-refractivity contribution in [1.29, 1.82) is 0 Å². The molecule has 0 radical (unpaired) electrons. The zero-order valence-corrected chi connectivity index (χ0v) is 15.8. The minimum Gasteiger partial charge on any atom is -0.471 e. The lowest BCUT2D eigenvalue weighted by molar-refractivity contribution is -0.150. The summed E-state index contributed by atoms with van der Waals surface area (Å²) >= 11 is 0. The summed E-state index contributed by atoms with van der Waals surface area (Å²) in [5.74, 6) is -2.55. The summed E-state index contributed by atoms with van der Waals surface area (Å²) in [5, 5.41) is 0. The van der Waals surface area contributed by atoms with Gasteiger partial charge in [-0.25, -0.2) is 18.6 Å². The smallest absolute Gasteiger partial charge is 0.357 e. The maximum Gasteiger partial charge on any atom is 0.357 e. The Morgan fingerprint density at radius 3 is 2.69 bits per heavy atom. The summed E-state index contributed by atoms with van der Waals surface area (Å²) in [6, 6.07) is 4.45. The van der Waals surface area contributed by atoms with E-state index >= 15 is 0 Å². The number of hydrogen-bond donors (Lipinski definition) is 0. The lowest BCUT2D eigenvalue weighted by Gasteiger charge is -2.32. The molecule has 29 heavy (non-hydrogen) atoms. The molecule has 3 rings (SSSR count). The molecule has 0 saturated carbocycles. The van der Waals surface area contributed by atoms with Crippen molar-refractivity contribution in [2.45, 2.75) is 33.0 Å². The molecule has 0 unspecified atom stereocenters. The molecule has 0 fully saturated rings. The largest absolute Gasteiger partial charge is 0.471 e. The van der Waals surface area contributed by atoms with Gasteiger partial charge in [0.1, 0.15) is 17.7 Å². The number of alkyl halides is 2. The molecule has 0 amide bonds. The topological polar surface area (TPSA) is 57.7 Å². The monoisotopic (exact) mass is 413 g/mol. The van der Waals surface area contributed by atoms with E-state index in [-0.39, 0.29) is 36.3 Å². The van der Waals surface area contributed by atoms with E-state index < -0.39 is 30.3 Å². The van der Waals surface area contributed by atoms with E-state index in [0.717, 1.165) is 12.1 Å². The van der Waals surface area contributed by atoms with Crippen LogP contribution in [0, 0.1) is 17.6 Å². The predicted octanol–water partition coefficient (Wildman–Crippen LogP) is 4.38. The van der Waals surface area contributed by atoms with Gasteiger partial charge in [-0.15, -0.1) is 0 Å². The molecule has 0 bridgehead atoms. The number of ether oxygens (including phenoxy) is 3. The van der Waals surface area contributed by atoms with Gasteiger partial charge in [0, 0.05) is 17.2 Å². The Hall–Kier alpha value is -2.68. The Morgan fingerprint density at radius 2 is 2.03 bits per heavy atom. The number of hydrogen-bond acceptors (Lipinski definition) is 5. The number of carbonyl (C=O) groups is 1. The van der Waals surface area contributed by atoms with Gasteiger partial charge < -0.3 is 14.2 Å². The highest BCUT2D eigenvalue weighted by Gasteiger charge is 2.32. The van der Waals surface area contributed by atoms with E-state index in [0.29, 0.717) is 17.5 Å². The first-order valence-corrected chi connectivity index (χ1v) is 9.03. The number of benzene rings is 1. The zero-order valence-electron chi connectivity index (χ0n) is 15.8. The maximum atomic E-state index is 14.4. The van der Waals surface area contributed by atoms with Crippen LogP contribution in [0.3, 0.4) is 0 Å². The van der Waals surface area contributed by atoms with E-state index in [9.17, 15) is 22.4 Å². The van der Waals surface area contributed by atoms with Gasteiger partial charge >= 0.3 is 12.6 Å². The maximum absolute atomic E-state index is 14.4. The number of carbonyl (C=O) groups excluding carboxylic acids is 1. The number of aromatic nitrogens is 1. The molecular formula is C20H19F4NO4. The highest BCUT2D eigenvalue weighted by Crippen LogP contribution is 2.38. The lowest BCUT2D eigenvalue weighted by atomic mass is 9.88. The van der Waals surface area contributed by atoms with Crippen LogP contribution in [0.15, 0.2) is 24.3 Å². The SMILES string of the molecule is CCOC(=O)c1cc(-c2ccc(F)cc2F)c2c(n1)O[C@H](COC(F)F)[C@@H](C)C2. The fourth-order valence-corrected chi connectivity index (χ4v) is 3.18. The summed E-state index contributed by atoms with van der Waals surface area (Å²) in [6.07, 6.45) is -0.415. The van der Waals surface area contributed by atoms with Crippen molar-refractivity contribution < 1.29 is 36.6 Å². The summed E-state index contributed by atoms with van der Waals surface area (Å²) in [5.41, 5.74) is 0.723. The Morgan fingerprint density at radius 1 is 1.28 bits per heavy atom. The Bertz CT molecular complexity index is 906. The average Bonchev–Trinajstić information content (AvgIpc) is 2.66. The molecule has 2 atom stereocenters. The zero-order chi connectivity index (χ0) is 21.1. The molecule has 9 heteroatoms. The van der Waals surface area contributed by atoms with Crippen molar-refractivity contribution in [3.8, 4) is 17.0 Å². The highest BCUT2D eigenvalue weighted by atomic mass is 19.3. The van der Waals surface area contributed by atoms with E-state index in [1.165, 1.54) is 12.1 Å². The van der Waals surface area contributed by atoms with Crippen molar-refractivity contribution in [2.75, 3.05) is 13.2 Å². The van der Waals surface area contributed by atoms with Crippen LogP contribution in [0.5, 0.6) is 5.88 Å². The van der Waals surface area contributed by atoms with Gasteiger partial charge in [0.15, 0.2) is 5.69 Å². The van der Waals surface area contributed by atoms with Crippen LogP contribution in [0.25, 0.3) is 11.1 Å². The third-order valence-corrected chi connectivity index (χ3v) is 4.60. The van der Waals surface area contributed by atoms with Crippen LogP contribution in [-0.4, -0.2) is 36.9 Å². The molecule has 1 aliphatic heterocycles. The first-order valence-electron chi connectivity index (χ1n) is 9.03. The fourth-order valence-electron chi connectivity index (χ4n) is 3.18.